The van der Waals surface area contributed by atoms with Crippen molar-refractivity contribution in [2.45, 2.75) is 33.1 Å². The number of hydrogen-bond donors (Lipinski definition) is 0. The quantitative estimate of drug-likeness (QED) is 0.750. The number of hydrogen-bond acceptors (Lipinski definition) is 1. The zero-order valence-corrected chi connectivity index (χ0v) is 12.9. The second-order valence-electron chi connectivity index (χ2n) is 6.07. The molecule has 0 aromatic heterocycles. The maximum absolute atomic E-state index is 2.57. The first-order chi connectivity index (χ1) is 10.4. The summed E-state index contributed by atoms with van der Waals surface area (Å²) in [6, 6.07) is 22.1. The van der Waals surface area contributed by atoms with Crippen LogP contribution in [0.25, 0.3) is 0 Å². The second-order valence-corrected chi connectivity index (χ2v) is 6.07. The molecule has 1 saturated heterocycles. The van der Waals surface area contributed by atoms with Crippen LogP contribution in [0.5, 0.6) is 0 Å². The Bertz CT molecular complexity index is 487. The zero-order valence-electron chi connectivity index (χ0n) is 12.9. The van der Waals surface area contributed by atoms with Crippen LogP contribution in [-0.2, 0) is 0 Å². The number of likely N-dealkylation sites (tertiary alicyclic amines) is 1. The highest BCUT2D eigenvalue weighted by molar-refractivity contribution is 5.33. The van der Waals surface area contributed by atoms with Crippen LogP contribution in [0, 0.1) is 5.92 Å². The van der Waals surface area contributed by atoms with E-state index in [4.69, 9.17) is 0 Å². The summed E-state index contributed by atoms with van der Waals surface area (Å²) in [4.78, 5) is 2.57. The topological polar surface area (TPSA) is 3.24 Å². The van der Waals surface area contributed by atoms with Crippen molar-refractivity contribution in [3.63, 3.8) is 0 Å². The molecule has 118 valence electrons. The Hall–Kier alpha value is -1.60. The predicted molar refractivity (Wildman–Crippen MR) is 96.3 cm³/mol. The van der Waals surface area contributed by atoms with Crippen molar-refractivity contribution in [1.82, 2.24) is 4.90 Å². The Kier molecular flexibility index (Phi) is 6.21. The van der Waals surface area contributed by atoms with Gasteiger partial charge in [-0.3, -0.25) is 0 Å². The van der Waals surface area contributed by atoms with Crippen LogP contribution in [0.1, 0.15) is 44.2 Å². The van der Waals surface area contributed by atoms with Gasteiger partial charge in [0.15, 0.2) is 0 Å². The van der Waals surface area contributed by atoms with Gasteiger partial charge in [0.2, 0.25) is 0 Å². The maximum atomic E-state index is 2.57. The Morgan fingerprint density at radius 3 is 1.73 bits per heavy atom. The highest BCUT2D eigenvalue weighted by Crippen LogP contribution is 2.37. The Labute approximate surface area is 136 Å². The Morgan fingerprint density at radius 1 is 0.864 bits per heavy atom. The van der Waals surface area contributed by atoms with Crippen molar-refractivity contribution >= 4 is 0 Å². The third-order valence-electron chi connectivity index (χ3n) is 4.87. The molecule has 2 aromatic carbocycles. The van der Waals surface area contributed by atoms with Crippen molar-refractivity contribution in [2.75, 3.05) is 19.6 Å². The number of rotatable bonds is 4. The lowest BCUT2D eigenvalue weighted by Crippen LogP contribution is -2.35. The fourth-order valence-electron chi connectivity index (χ4n) is 3.66. The molecular weight excluding hydrogens is 266 g/mol. The first-order valence-corrected chi connectivity index (χ1v) is 8.20. The lowest BCUT2D eigenvalue weighted by Gasteiger charge is -2.36. The lowest BCUT2D eigenvalue weighted by molar-refractivity contribution is 0.182. The molecule has 1 nitrogen and oxygen atoms in total. The fraction of sp³-hybridized carbons (Fsp3) is 0.429. The summed E-state index contributed by atoms with van der Waals surface area (Å²) in [5, 5.41) is 0. The first-order valence-electron chi connectivity index (χ1n) is 8.20. The molecule has 0 unspecified atom stereocenters. The summed E-state index contributed by atoms with van der Waals surface area (Å²) in [6.07, 6.45) is 2.62. The molecule has 3 rings (SSSR count). The van der Waals surface area contributed by atoms with Gasteiger partial charge < -0.3 is 4.90 Å². The van der Waals surface area contributed by atoms with E-state index in [2.05, 4.69) is 72.5 Å². The van der Waals surface area contributed by atoms with Crippen molar-refractivity contribution < 1.29 is 0 Å². The van der Waals surface area contributed by atoms with E-state index in [-0.39, 0.29) is 7.43 Å². The molecule has 1 aliphatic rings. The Balaban J connectivity index is 0.00000176. The van der Waals surface area contributed by atoms with E-state index >= 15 is 0 Å². The minimum absolute atomic E-state index is 0. The van der Waals surface area contributed by atoms with Crippen LogP contribution < -0.4 is 0 Å². The van der Waals surface area contributed by atoms with Gasteiger partial charge in [0.25, 0.3) is 0 Å². The van der Waals surface area contributed by atoms with E-state index < -0.39 is 0 Å². The van der Waals surface area contributed by atoms with E-state index in [9.17, 15) is 0 Å². The fourth-order valence-corrected chi connectivity index (χ4v) is 3.66. The van der Waals surface area contributed by atoms with Gasteiger partial charge in [-0.05, 0) is 49.5 Å². The third-order valence-corrected chi connectivity index (χ3v) is 4.87. The molecule has 22 heavy (non-hydrogen) atoms. The molecule has 0 spiro atoms. The highest BCUT2D eigenvalue weighted by Gasteiger charge is 2.28. The standard InChI is InChI=1S/C20H25N.CH4/c1-2-21-15-13-19(14-16-21)20(17-9-5-3-6-10-17)18-11-7-4-8-12-18;/h3-12,19-20H,2,13-16H2,1H3;1H4. The summed E-state index contributed by atoms with van der Waals surface area (Å²) in [6.45, 7) is 5.95. The summed E-state index contributed by atoms with van der Waals surface area (Å²) >= 11 is 0. The SMILES string of the molecule is C.CCN1CCC(C(c2ccccc2)c2ccccc2)CC1. The van der Waals surface area contributed by atoms with E-state index in [0.717, 1.165) is 5.92 Å². The van der Waals surface area contributed by atoms with Gasteiger partial charge in [-0.15, -0.1) is 0 Å². The van der Waals surface area contributed by atoms with Gasteiger partial charge in [-0.25, -0.2) is 0 Å². The minimum atomic E-state index is 0. The van der Waals surface area contributed by atoms with Gasteiger partial charge >= 0.3 is 0 Å². The molecule has 0 aliphatic carbocycles. The maximum Gasteiger partial charge on any atom is 0.0119 e. The molecule has 0 N–H and O–H groups in total. The lowest BCUT2D eigenvalue weighted by atomic mass is 9.76. The normalized spacial score (nSPS) is 16.5. The van der Waals surface area contributed by atoms with Crippen LogP contribution in [0.15, 0.2) is 60.7 Å². The molecule has 1 heterocycles. The summed E-state index contributed by atoms with van der Waals surface area (Å²) in [7, 11) is 0. The third kappa shape index (κ3) is 3.78. The monoisotopic (exact) mass is 295 g/mol. The number of piperidine rings is 1. The molecule has 0 radical (unpaired) electrons. The van der Waals surface area contributed by atoms with Crippen molar-refractivity contribution in [2.24, 2.45) is 5.92 Å². The second kappa shape index (κ2) is 8.14. The minimum Gasteiger partial charge on any atom is -0.304 e. The van der Waals surface area contributed by atoms with Crippen LogP contribution in [0.4, 0.5) is 0 Å². The van der Waals surface area contributed by atoms with E-state index in [1.54, 1.807) is 0 Å². The van der Waals surface area contributed by atoms with Gasteiger partial charge in [0.1, 0.15) is 0 Å². The smallest absolute Gasteiger partial charge is 0.0119 e. The van der Waals surface area contributed by atoms with Gasteiger partial charge in [0, 0.05) is 5.92 Å². The number of benzene rings is 2. The Morgan fingerprint density at radius 2 is 1.32 bits per heavy atom. The predicted octanol–water partition coefficient (Wildman–Crippen LogP) is 5.19. The van der Waals surface area contributed by atoms with E-state index in [1.807, 2.05) is 0 Å². The molecule has 0 saturated carbocycles. The molecule has 1 fully saturated rings. The van der Waals surface area contributed by atoms with Crippen LogP contribution in [0.2, 0.25) is 0 Å². The van der Waals surface area contributed by atoms with Crippen molar-refractivity contribution in [3.05, 3.63) is 71.8 Å². The van der Waals surface area contributed by atoms with Crippen LogP contribution in [0.3, 0.4) is 0 Å². The molecule has 0 atom stereocenters. The average Bonchev–Trinajstić information content (AvgIpc) is 2.58. The van der Waals surface area contributed by atoms with Gasteiger partial charge in [0.05, 0.1) is 0 Å². The van der Waals surface area contributed by atoms with Crippen LogP contribution in [-0.4, -0.2) is 24.5 Å². The summed E-state index contributed by atoms with van der Waals surface area (Å²) in [5.41, 5.74) is 2.94. The molecule has 0 amide bonds. The van der Waals surface area contributed by atoms with Crippen molar-refractivity contribution in [1.29, 1.82) is 0 Å². The van der Waals surface area contributed by atoms with Crippen molar-refractivity contribution in [3.8, 4) is 0 Å². The van der Waals surface area contributed by atoms with E-state index in [1.165, 1.54) is 43.6 Å². The zero-order chi connectivity index (χ0) is 14.5. The summed E-state index contributed by atoms with van der Waals surface area (Å²) < 4.78 is 0. The highest BCUT2D eigenvalue weighted by atomic mass is 15.1. The van der Waals surface area contributed by atoms with Gasteiger partial charge in [-0.1, -0.05) is 75.0 Å². The van der Waals surface area contributed by atoms with Crippen LogP contribution >= 0.6 is 0 Å². The van der Waals surface area contributed by atoms with E-state index in [0.29, 0.717) is 5.92 Å². The van der Waals surface area contributed by atoms with Gasteiger partial charge in [-0.2, -0.15) is 0 Å². The molecule has 1 heteroatoms. The molecular formula is C21H29N. The largest absolute Gasteiger partial charge is 0.304 e. The molecule has 0 bridgehead atoms. The summed E-state index contributed by atoms with van der Waals surface area (Å²) in [5.74, 6) is 1.31. The molecule has 1 aliphatic heterocycles. The average molecular weight is 295 g/mol. The molecule has 2 aromatic rings. The first kappa shape index (κ1) is 16.8. The number of nitrogens with zero attached hydrogens (tertiary/aromatic N) is 1.